The van der Waals surface area contributed by atoms with E-state index in [9.17, 15) is 8.78 Å². The van der Waals surface area contributed by atoms with Crippen molar-refractivity contribution in [2.75, 3.05) is 11.6 Å². The number of benzene rings is 2. The minimum atomic E-state index is -0.517. The highest BCUT2D eigenvalue weighted by molar-refractivity contribution is 7.98. The molecule has 1 atom stereocenters. The van der Waals surface area contributed by atoms with Gasteiger partial charge in [-0.3, -0.25) is 0 Å². The van der Waals surface area contributed by atoms with E-state index in [0.717, 1.165) is 11.6 Å². The van der Waals surface area contributed by atoms with Crippen LogP contribution in [0.3, 0.4) is 0 Å². The van der Waals surface area contributed by atoms with Gasteiger partial charge in [0.1, 0.15) is 11.6 Å². The van der Waals surface area contributed by atoms with Crippen LogP contribution in [0.5, 0.6) is 0 Å². The Morgan fingerprint density at radius 3 is 2.58 bits per heavy atom. The van der Waals surface area contributed by atoms with Crippen molar-refractivity contribution in [2.24, 2.45) is 0 Å². The number of fused-ring (bicyclic) bond motifs is 1. The molecule has 0 aromatic heterocycles. The number of hydrogen-bond acceptors (Lipinski definition) is 2. The standard InChI is InChI=1S/C15H13F2NS/c1-19-12-4-2-9(3-5-12)14-7-10-6-11(16)8-13(17)15(10)18-14/h2-6,8,14,18H,7H2,1H3. The Bertz CT molecular complexity index is 610. The van der Waals surface area contributed by atoms with E-state index in [4.69, 9.17) is 0 Å². The van der Waals surface area contributed by atoms with Crippen molar-refractivity contribution in [3.05, 3.63) is 59.2 Å². The summed E-state index contributed by atoms with van der Waals surface area (Å²) in [6.45, 7) is 0. The van der Waals surface area contributed by atoms with Crippen molar-refractivity contribution in [3.8, 4) is 0 Å². The van der Waals surface area contributed by atoms with Crippen LogP contribution in [0, 0.1) is 11.6 Å². The first-order valence-electron chi connectivity index (χ1n) is 6.06. The summed E-state index contributed by atoms with van der Waals surface area (Å²) < 4.78 is 26.8. The van der Waals surface area contributed by atoms with Gasteiger partial charge in [0.25, 0.3) is 0 Å². The molecule has 2 aromatic rings. The maximum Gasteiger partial charge on any atom is 0.149 e. The molecule has 19 heavy (non-hydrogen) atoms. The second kappa shape index (κ2) is 4.85. The Labute approximate surface area is 115 Å². The zero-order valence-corrected chi connectivity index (χ0v) is 11.2. The van der Waals surface area contributed by atoms with E-state index in [1.54, 1.807) is 11.8 Å². The number of hydrogen-bond donors (Lipinski definition) is 1. The zero-order chi connectivity index (χ0) is 13.4. The van der Waals surface area contributed by atoms with E-state index >= 15 is 0 Å². The number of halogens is 2. The molecule has 0 aliphatic carbocycles. The number of nitrogens with one attached hydrogen (secondary N) is 1. The summed E-state index contributed by atoms with van der Waals surface area (Å²) in [4.78, 5) is 1.19. The topological polar surface area (TPSA) is 12.0 Å². The highest BCUT2D eigenvalue weighted by atomic mass is 32.2. The van der Waals surface area contributed by atoms with Crippen LogP contribution < -0.4 is 5.32 Å². The average Bonchev–Trinajstić information content (AvgIpc) is 2.83. The van der Waals surface area contributed by atoms with Crippen molar-refractivity contribution in [1.29, 1.82) is 0 Å². The number of anilines is 1. The molecule has 1 aliphatic heterocycles. The first-order valence-corrected chi connectivity index (χ1v) is 7.28. The molecule has 1 N–H and O–H groups in total. The molecule has 1 heterocycles. The molecule has 1 unspecified atom stereocenters. The Kier molecular flexibility index (Phi) is 3.19. The number of thioether (sulfide) groups is 1. The van der Waals surface area contributed by atoms with E-state index < -0.39 is 11.6 Å². The fraction of sp³-hybridized carbons (Fsp3) is 0.200. The van der Waals surface area contributed by atoms with E-state index in [1.807, 2.05) is 30.5 Å². The molecule has 0 bridgehead atoms. The third-order valence-corrected chi connectivity index (χ3v) is 4.14. The van der Waals surface area contributed by atoms with Crippen molar-refractivity contribution in [2.45, 2.75) is 17.4 Å². The summed E-state index contributed by atoms with van der Waals surface area (Å²) in [7, 11) is 0. The summed E-state index contributed by atoms with van der Waals surface area (Å²) in [5.74, 6) is -1.03. The lowest BCUT2D eigenvalue weighted by molar-refractivity contribution is 0.585. The molecule has 0 saturated carbocycles. The minimum Gasteiger partial charge on any atom is -0.375 e. The second-order valence-corrected chi connectivity index (χ2v) is 5.48. The fourth-order valence-electron chi connectivity index (χ4n) is 2.43. The van der Waals surface area contributed by atoms with E-state index in [0.29, 0.717) is 17.7 Å². The van der Waals surface area contributed by atoms with Gasteiger partial charge < -0.3 is 5.32 Å². The lowest BCUT2D eigenvalue weighted by Gasteiger charge is -2.12. The molecule has 0 radical (unpaired) electrons. The first kappa shape index (κ1) is 12.5. The van der Waals surface area contributed by atoms with Crippen LogP contribution in [0.15, 0.2) is 41.3 Å². The lowest BCUT2D eigenvalue weighted by Crippen LogP contribution is -2.05. The number of rotatable bonds is 2. The molecule has 4 heteroatoms. The predicted molar refractivity (Wildman–Crippen MR) is 74.6 cm³/mol. The van der Waals surface area contributed by atoms with Gasteiger partial charge in [-0.15, -0.1) is 11.8 Å². The van der Waals surface area contributed by atoms with Crippen LogP contribution in [-0.4, -0.2) is 6.26 Å². The van der Waals surface area contributed by atoms with Gasteiger partial charge in [0, 0.05) is 11.0 Å². The Morgan fingerprint density at radius 1 is 1.16 bits per heavy atom. The Morgan fingerprint density at radius 2 is 1.89 bits per heavy atom. The van der Waals surface area contributed by atoms with Gasteiger partial charge >= 0.3 is 0 Å². The maximum absolute atomic E-state index is 13.7. The van der Waals surface area contributed by atoms with Gasteiger partial charge in [-0.1, -0.05) is 12.1 Å². The normalized spacial score (nSPS) is 17.1. The summed E-state index contributed by atoms with van der Waals surface area (Å²) >= 11 is 1.68. The van der Waals surface area contributed by atoms with Crippen LogP contribution in [-0.2, 0) is 6.42 Å². The first-order chi connectivity index (χ1) is 9.17. The zero-order valence-electron chi connectivity index (χ0n) is 10.4. The van der Waals surface area contributed by atoms with Crippen LogP contribution in [0.25, 0.3) is 0 Å². The van der Waals surface area contributed by atoms with Crippen LogP contribution in [0.1, 0.15) is 17.2 Å². The third-order valence-electron chi connectivity index (χ3n) is 3.40. The monoisotopic (exact) mass is 277 g/mol. The Balaban J connectivity index is 1.88. The molecule has 0 saturated heterocycles. The molecule has 98 valence electrons. The molecule has 3 rings (SSSR count). The molecule has 0 fully saturated rings. The summed E-state index contributed by atoms with van der Waals surface area (Å²) in [5, 5.41) is 3.14. The fourth-order valence-corrected chi connectivity index (χ4v) is 2.84. The molecule has 1 nitrogen and oxygen atoms in total. The highest BCUT2D eigenvalue weighted by Crippen LogP contribution is 2.36. The minimum absolute atomic E-state index is 0.0159. The van der Waals surface area contributed by atoms with Gasteiger partial charge in [-0.25, -0.2) is 8.78 Å². The summed E-state index contributed by atoms with van der Waals surface area (Å²) in [5.41, 5.74) is 2.23. The van der Waals surface area contributed by atoms with Crippen LogP contribution in [0.2, 0.25) is 0 Å². The second-order valence-electron chi connectivity index (χ2n) is 4.60. The van der Waals surface area contributed by atoms with Crippen LogP contribution in [0.4, 0.5) is 14.5 Å². The molecular formula is C15H13F2NS. The van der Waals surface area contributed by atoms with E-state index in [2.05, 4.69) is 5.32 Å². The van der Waals surface area contributed by atoms with Crippen molar-refractivity contribution in [1.82, 2.24) is 0 Å². The average molecular weight is 277 g/mol. The van der Waals surface area contributed by atoms with Gasteiger partial charge in [-0.2, -0.15) is 0 Å². The van der Waals surface area contributed by atoms with Gasteiger partial charge in [0.05, 0.1) is 11.7 Å². The molecule has 2 aromatic carbocycles. The van der Waals surface area contributed by atoms with Crippen LogP contribution >= 0.6 is 11.8 Å². The van der Waals surface area contributed by atoms with Gasteiger partial charge in [0.15, 0.2) is 0 Å². The summed E-state index contributed by atoms with van der Waals surface area (Å²) in [6.07, 6.45) is 2.64. The quantitative estimate of drug-likeness (QED) is 0.817. The smallest absolute Gasteiger partial charge is 0.149 e. The lowest BCUT2D eigenvalue weighted by atomic mass is 10.0. The summed E-state index contributed by atoms with van der Waals surface area (Å²) in [6, 6.07) is 10.5. The largest absolute Gasteiger partial charge is 0.375 e. The van der Waals surface area contributed by atoms with Crippen molar-refractivity contribution < 1.29 is 8.78 Å². The Hall–Kier alpha value is -1.55. The third kappa shape index (κ3) is 2.32. The molecular weight excluding hydrogens is 264 g/mol. The van der Waals surface area contributed by atoms with Gasteiger partial charge in [0.2, 0.25) is 0 Å². The van der Waals surface area contributed by atoms with E-state index in [1.165, 1.54) is 11.0 Å². The predicted octanol–water partition coefficient (Wildman–Crippen LogP) is 4.40. The van der Waals surface area contributed by atoms with Crippen molar-refractivity contribution >= 4 is 17.4 Å². The van der Waals surface area contributed by atoms with Gasteiger partial charge in [-0.05, 0) is 42.0 Å². The highest BCUT2D eigenvalue weighted by Gasteiger charge is 2.25. The van der Waals surface area contributed by atoms with Crippen molar-refractivity contribution in [3.63, 3.8) is 0 Å². The maximum atomic E-state index is 13.7. The molecule has 0 amide bonds. The SMILES string of the molecule is CSc1ccc(C2Cc3cc(F)cc(F)c3N2)cc1. The molecule has 1 aliphatic rings. The van der Waals surface area contributed by atoms with E-state index in [-0.39, 0.29) is 6.04 Å². The molecule has 0 spiro atoms.